The first-order valence-corrected chi connectivity index (χ1v) is 4.71. The fraction of sp³-hybridized carbons (Fsp3) is 1.00. The van der Waals surface area contributed by atoms with Crippen LogP contribution in [0.2, 0.25) is 0 Å². The Kier molecular flexibility index (Phi) is 2.58. The molecule has 2 unspecified atom stereocenters. The fourth-order valence-electron chi connectivity index (χ4n) is 1.25. The second kappa shape index (κ2) is 2.95. The number of rotatable bonds is 0. The maximum Gasteiger partial charge on any atom is 0.211 e. The Morgan fingerprint density at radius 3 is 2.50 bits per heavy atom. The summed E-state index contributed by atoms with van der Waals surface area (Å²) in [6.07, 6.45) is 1.30. The predicted octanol–water partition coefficient (Wildman–Crippen LogP) is 2.31. The lowest BCUT2D eigenvalue weighted by molar-refractivity contribution is -0.217. The third-order valence-corrected chi connectivity index (χ3v) is 2.08. The monoisotopic (exact) mass is 256 g/mol. The van der Waals surface area contributed by atoms with E-state index >= 15 is 0 Å². The first-order valence-electron chi connectivity index (χ1n) is 3.47. The van der Waals surface area contributed by atoms with E-state index in [2.05, 4.69) is 43.4 Å². The lowest BCUT2D eigenvalue weighted by Gasteiger charge is -2.37. The molecule has 0 N–H and O–H groups in total. The van der Waals surface area contributed by atoms with Crippen molar-refractivity contribution in [3.63, 3.8) is 0 Å². The highest BCUT2D eigenvalue weighted by Crippen LogP contribution is 2.29. The summed E-state index contributed by atoms with van der Waals surface area (Å²) >= 11 is 2.15. The minimum atomic E-state index is -0.0728. The summed E-state index contributed by atoms with van der Waals surface area (Å²) in [5.74, 6) is 0. The molecule has 2 nitrogen and oxygen atoms in total. The fourth-order valence-corrected chi connectivity index (χ4v) is 2.44. The van der Waals surface area contributed by atoms with Crippen molar-refractivity contribution < 1.29 is 9.47 Å². The van der Waals surface area contributed by atoms with Crippen LogP contribution in [0.25, 0.3) is 0 Å². The molecule has 1 saturated heterocycles. The third kappa shape index (κ3) is 2.36. The van der Waals surface area contributed by atoms with Crippen LogP contribution in [0.4, 0.5) is 0 Å². The van der Waals surface area contributed by atoms with E-state index in [4.69, 9.17) is 9.47 Å². The van der Waals surface area contributed by atoms with Crippen molar-refractivity contribution in [2.24, 2.45) is 0 Å². The largest absolute Gasteiger partial charge is 0.341 e. The molecule has 0 bridgehead atoms. The van der Waals surface area contributed by atoms with Crippen molar-refractivity contribution in [3.8, 4) is 0 Å². The van der Waals surface area contributed by atoms with Gasteiger partial charge in [0.05, 0.1) is 11.7 Å². The minimum absolute atomic E-state index is 0.0104. The molecule has 0 aromatic carbocycles. The van der Waals surface area contributed by atoms with E-state index in [9.17, 15) is 0 Å². The molecule has 0 spiro atoms. The van der Waals surface area contributed by atoms with Gasteiger partial charge in [0.2, 0.25) is 4.30 Å². The van der Waals surface area contributed by atoms with Gasteiger partial charge >= 0.3 is 0 Å². The third-order valence-electron chi connectivity index (χ3n) is 1.53. The summed E-state index contributed by atoms with van der Waals surface area (Å²) in [6, 6.07) is 0. The smallest absolute Gasteiger partial charge is 0.211 e. The van der Waals surface area contributed by atoms with Crippen LogP contribution in [0.15, 0.2) is 0 Å². The highest BCUT2D eigenvalue weighted by Gasteiger charge is 2.31. The van der Waals surface area contributed by atoms with Crippen LogP contribution in [-0.2, 0) is 9.47 Å². The Labute approximate surface area is 75.4 Å². The summed E-state index contributed by atoms with van der Waals surface area (Å²) in [5, 5.41) is 0. The molecule has 3 heteroatoms. The molecule has 60 valence electrons. The number of ether oxygens (including phenoxy) is 2. The summed E-state index contributed by atoms with van der Waals surface area (Å²) in [5.41, 5.74) is -0.0104. The van der Waals surface area contributed by atoms with E-state index in [1.54, 1.807) is 0 Å². The SMILES string of the molecule is CC1CC(C)(C)OC(I)O1. The Morgan fingerprint density at radius 1 is 1.50 bits per heavy atom. The zero-order valence-electron chi connectivity index (χ0n) is 6.56. The molecule has 1 rings (SSSR count). The van der Waals surface area contributed by atoms with Gasteiger partial charge in [0, 0.05) is 6.42 Å². The highest BCUT2D eigenvalue weighted by atomic mass is 127. The van der Waals surface area contributed by atoms with Gasteiger partial charge < -0.3 is 9.47 Å². The van der Waals surface area contributed by atoms with Gasteiger partial charge in [0.15, 0.2) is 0 Å². The molecule has 1 aliphatic rings. The lowest BCUT2D eigenvalue weighted by atomic mass is 10.0. The van der Waals surface area contributed by atoms with Crippen LogP contribution in [0.5, 0.6) is 0 Å². The van der Waals surface area contributed by atoms with Gasteiger partial charge in [0.25, 0.3) is 0 Å². The second-order valence-electron chi connectivity index (χ2n) is 3.30. The molecule has 1 aliphatic heterocycles. The summed E-state index contributed by atoms with van der Waals surface area (Å²) in [4.78, 5) is 0. The summed E-state index contributed by atoms with van der Waals surface area (Å²) < 4.78 is 10.8. The van der Waals surface area contributed by atoms with E-state index in [1.807, 2.05) is 0 Å². The van der Waals surface area contributed by atoms with Gasteiger partial charge in [-0.2, -0.15) is 0 Å². The molecule has 0 saturated carbocycles. The van der Waals surface area contributed by atoms with Crippen molar-refractivity contribution in [1.82, 2.24) is 0 Å². The Morgan fingerprint density at radius 2 is 2.10 bits per heavy atom. The number of alkyl halides is 1. The van der Waals surface area contributed by atoms with Crippen LogP contribution in [0.1, 0.15) is 27.2 Å². The summed E-state index contributed by atoms with van der Waals surface area (Å²) in [6.45, 7) is 6.27. The predicted molar refractivity (Wildman–Crippen MR) is 48.1 cm³/mol. The lowest BCUT2D eigenvalue weighted by Crippen LogP contribution is -2.40. The van der Waals surface area contributed by atoms with E-state index in [0.29, 0.717) is 6.10 Å². The van der Waals surface area contributed by atoms with Crippen molar-refractivity contribution in [2.75, 3.05) is 0 Å². The molecular weight excluding hydrogens is 243 g/mol. The van der Waals surface area contributed by atoms with Gasteiger partial charge in [-0.3, -0.25) is 0 Å². The van der Waals surface area contributed by atoms with Crippen molar-refractivity contribution in [1.29, 1.82) is 0 Å². The normalized spacial score (nSPS) is 39.6. The first-order chi connectivity index (χ1) is 4.49. The maximum atomic E-state index is 5.51. The quantitative estimate of drug-likeness (QED) is 0.489. The Balaban J connectivity index is 2.51. The van der Waals surface area contributed by atoms with E-state index in [1.165, 1.54) is 0 Å². The van der Waals surface area contributed by atoms with E-state index < -0.39 is 0 Å². The maximum absolute atomic E-state index is 5.51. The van der Waals surface area contributed by atoms with Crippen molar-refractivity contribution >= 4 is 22.6 Å². The molecule has 0 aromatic heterocycles. The van der Waals surface area contributed by atoms with Crippen LogP contribution in [0.3, 0.4) is 0 Å². The highest BCUT2D eigenvalue weighted by molar-refractivity contribution is 14.1. The van der Waals surface area contributed by atoms with Gasteiger partial charge in [-0.05, 0) is 43.4 Å². The van der Waals surface area contributed by atoms with Crippen LogP contribution < -0.4 is 0 Å². The van der Waals surface area contributed by atoms with Crippen molar-refractivity contribution in [2.45, 2.75) is 43.2 Å². The van der Waals surface area contributed by atoms with Crippen LogP contribution in [0, 0.1) is 0 Å². The number of halogens is 1. The molecule has 1 fully saturated rings. The average molecular weight is 256 g/mol. The molecular formula is C7H13IO2. The zero-order chi connectivity index (χ0) is 7.78. The van der Waals surface area contributed by atoms with Crippen LogP contribution in [-0.4, -0.2) is 16.0 Å². The standard InChI is InChI=1S/C7H13IO2/c1-5-4-7(2,3)10-6(8)9-5/h5-6H,4H2,1-3H3. The molecule has 1 heterocycles. The Hall–Kier alpha value is 0.650. The number of hydrogen-bond acceptors (Lipinski definition) is 2. The second-order valence-corrected chi connectivity index (χ2v) is 4.32. The zero-order valence-corrected chi connectivity index (χ0v) is 8.71. The molecule has 0 aliphatic carbocycles. The Bertz CT molecular complexity index is 113. The minimum Gasteiger partial charge on any atom is -0.341 e. The number of hydrogen-bond donors (Lipinski definition) is 0. The van der Waals surface area contributed by atoms with E-state index in [0.717, 1.165) is 6.42 Å². The van der Waals surface area contributed by atoms with Gasteiger partial charge in [-0.1, -0.05) is 0 Å². The first kappa shape index (κ1) is 8.74. The topological polar surface area (TPSA) is 18.5 Å². The van der Waals surface area contributed by atoms with E-state index in [-0.39, 0.29) is 9.90 Å². The van der Waals surface area contributed by atoms with Crippen LogP contribution >= 0.6 is 22.6 Å². The van der Waals surface area contributed by atoms with Gasteiger partial charge in [-0.15, -0.1) is 0 Å². The molecule has 0 amide bonds. The van der Waals surface area contributed by atoms with Gasteiger partial charge in [0.1, 0.15) is 0 Å². The molecule has 2 atom stereocenters. The van der Waals surface area contributed by atoms with Gasteiger partial charge in [-0.25, -0.2) is 0 Å². The average Bonchev–Trinajstić information content (AvgIpc) is 1.54. The summed E-state index contributed by atoms with van der Waals surface area (Å²) in [7, 11) is 0. The van der Waals surface area contributed by atoms with Crippen molar-refractivity contribution in [3.05, 3.63) is 0 Å². The molecule has 10 heavy (non-hydrogen) atoms. The molecule has 0 aromatic rings. The molecule has 0 radical (unpaired) electrons.